The Kier molecular flexibility index (Phi) is 3.85. The van der Waals surface area contributed by atoms with Gasteiger partial charge in [-0.25, -0.2) is 0 Å². The molecule has 0 spiro atoms. The van der Waals surface area contributed by atoms with E-state index in [1.807, 2.05) is 0 Å². The molecule has 0 heterocycles. The molecule has 0 unspecified atom stereocenters. The summed E-state index contributed by atoms with van der Waals surface area (Å²) in [5.74, 6) is -0.347. The van der Waals surface area contributed by atoms with Gasteiger partial charge in [0.05, 0.1) is 7.11 Å². The van der Waals surface area contributed by atoms with Gasteiger partial charge in [-0.05, 0) is 19.1 Å². The number of anilines is 1. The van der Waals surface area contributed by atoms with Crippen molar-refractivity contribution < 1.29 is 14.3 Å². The van der Waals surface area contributed by atoms with Crippen LogP contribution in [0.15, 0.2) is 24.3 Å². The number of ketones is 1. The van der Waals surface area contributed by atoms with Crippen LogP contribution in [0.5, 0.6) is 0 Å². The van der Waals surface area contributed by atoms with Gasteiger partial charge < -0.3 is 10.1 Å². The summed E-state index contributed by atoms with van der Waals surface area (Å²) in [5, 5.41) is 2.86. The number of hydrogen-bond donors (Lipinski definition) is 1. The van der Waals surface area contributed by atoms with Crippen molar-refractivity contribution in [1.29, 1.82) is 0 Å². The molecule has 0 radical (unpaired) electrons. The zero-order valence-corrected chi connectivity index (χ0v) is 8.74. The molecule has 1 aromatic carbocycles. The van der Waals surface area contributed by atoms with Gasteiger partial charge in [0.2, 0.25) is 0 Å². The molecule has 0 aliphatic heterocycles. The summed E-state index contributed by atoms with van der Waals surface area (Å²) in [5.41, 5.74) is 1.35. The zero-order chi connectivity index (χ0) is 11.3. The number of rotatable bonds is 4. The molecule has 0 fully saturated rings. The van der Waals surface area contributed by atoms with E-state index in [4.69, 9.17) is 0 Å². The third-order valence-electron chi connectivity index (χ3n) is 1.93. The zero-order valence-electron chi connectivity index (χ0n) is 8.74. The van der Waals surface area contributed by atoms with E-state index in [0.717, 1.165) is 5.69 Å². The highest BCUT2D eigenvalue weighted by atomic mass is 16.5. The number of methoxy groups -OCH3 is 1. The normalized spacial score (nSPS) is 9.47. The molecule has 0 aliphatic carbocycles. The van der Waals surface area contributed by atoms with Gasteiger partial charge in [0.1, 0.15) is 6.54 Å². The second-order valence-corrected chi connectivity index (χ2v) is 3.07. The summed E-state index contributed by atoms with van der Waals surface area (Å²) in [4.78, 5) is 21.9. The number of carbonyl (C=O) groups excluding carboxylic acids is 2. The van der Waals surface area contributed by atoms with Crippen molar-refractivity contribution in [1.82, 2.24) is 0 Å². The summed E-state index contributed by atoms with van der Waals surface area (Å²) in [6.45, 7) is 1.59. The van der Waals surface area contributed by atoms with Crippen molar-refractivity contribution in [3.8, 4) is 0 Å². The lowest BCUT2D eigenvalue weighted by molar-refractivity contribution is -0.138. The topological polar surface area (TPSA) is 55.4 Å². The summed E-state index contributed by atoms with van der Waals surface area (Å²) in [6.07, 6.45) is 0. The van der Waals surface area contributed by atoms with E-state index in [1.54, 1.807) is 24.3 Å². The molecule has 0 bridgehead atoms. The van der Waals surface area contributed by atoms with Crippen LogP contribution in [-0.4, -0.2) is 25.4 Å². The Balaban J connectivity index is 2.66. The molecule has 0 amide bonds. The monoisotopic (exact) mass is 207 g/mol. The van der Waals surface area contributed by atoms with Crippen molar-refractivity contribution in [3.63, 3.8) is 0 Å². The molecule has 1 N–H and O–H groups in total. The van der Waals surface area contributed by atoms with Gasteiger partial charge in [-0.1, -0.05) is 12.1 Å². The van der Waals surface area contributed by atoms with Gasteiger partial charge in [0.25, 0.3) is 0 Å². The van der Waals surface area contributed by atoms with Crippen LogP contribution in [0, 0.1) is 0 Å². The highest BCUT2D eigenvalue weighted by Gasteiger charge is 2.02. The van der Waals surface area contributed by atoms with Crippen molar-refractivity contribution in [3.05, 3.63) is 29.8 Å². The maximum atomic E-state index is 11.1. The molecule has 15 heavy (non-hydrogen) atoms. The Morgan fingerprint density at radius 1 is 1.40 bits per heavy atom. The number of hydrogen-bond acceptors (Lipinski definition) is 4. The fourth-order valence-electron chi connectivity index (χ4n) is 1.09. The summed E-state index contributed by atoms with van der Waals surface area (Å²) >= 11 is 0. The Morgan fingerprint density at radius 2 is 2.13 bits per heavy atom. The Bertz CT molecular complexity index is 374. The molecule has 0 saturated heterocycles. The van der Waals surface area contributed by atoms with E-state index in [1.165, 1.54) is 14.0 Å². The molecule has 0 aliphatic rings. The van der Waals surface area contributed by atoms with E-state index < -0.39 is 0 Å². The summed E-state index contributed by atoms with van der Waals surface area (Å²) < 4.78 is 4.48. The van der Waals surface area contributed by atoms with Gasteiger partial charge in [0.15, 0.2) is 5.78 Å². The van der Waals surface area contributed by atoms with Gasteiger partial charge >= 0.3 is 5.97 Å². The molecule has 0 atom stereocenters. The highest BCUT2D eigenvalue weighted by Crippen LogP contribution is 2.10. The number of ether oxygens (including phenoxy) is 1. The minimum absolute atomic E-state index is 0.00304. The van der Waals surface area contributed by atoms with E-state index in [0.29, 0.717) is 5.56 Å². The van der Waals surface area contributed by atoms with Crippen molar-refractivity contribution >= 4 is 17.4 Å². The minimum Gasteiger partial charge on any atom is -0.468 e. The Labute approximate surface area is 88.2 Å². The van der Waals surface area contributed by atoms with Gasteiger partial charge in [-0.3, -0.25) is 9.59 Å². The first-order valence-electron chi connectivity index (χ1n) is 4.55. The number of esters is 1. The van der Waals surface area contributed by atoms with Crippen LogP contribution in [0.4, 0.5) is 5.69 Å². The first-order valence-corrected chi connectivity index (χ1v) is 4.55. The minimum atomic E-state index is -0.344. The first kappa shape index (κ1) is 11.2. The molecular weight excluding hydrogens is 194 g/mol. The number of carbonyl (C=O) groups is 2. The standard InChI is InChI=1S/C11H13NO3/c1-8(13)9-4-3-5-10(6-9)12-7-11(14)15-2/h3-6,12H,7H2,1-2H3. The maximum Gasteiger partial charge on any atom is 0.325 e. The van der Waals surface area contributed by atoms with Crippen molar-refractivity contribution in [2.45, 2.75) is 6.92 Å². The van der Waals surface area contributed by atoms with Crippen LogP contribution >= 0.6 is 0 Å². The first-order chi connectivity index (χ1) is 7.13. The molecule has 1 aromatic rings. The molecule has 4 heteroatoms. The second kappa shape index (κ2) is 5.14. The number of benzene rings is 1. The largest absolute Gasteiger partial charge is 0.468 e. The predicted octanol–water partition coefficient (Wildman–Crippen LogP) is 1.47. The molecule has 4 nitrogen and oxygen atoms in total. The smallest absolute Gasteiger partial charge is 0.325 e. The molecule has 0 aromatic heterocycles. The third kappa shape index (κ3) is 3.42. The second-order valence-electron chi connectivity index (χ2n) is 3.07. The van der Waals surface area contributed by atoms with Crippen molar-refractivity contribution in [2.75, 3.05) is 19.0 Å². The Hall–Kier alpha value is -1.84. The van der Waals surface area contributed by atoms with E-state index >= 15 is 0 Å². The average molecular weight is 207 g/mol. The summed E-state index contributed by atoms with van der Waals surface area (Å²) in [6, 6.07) is 6.97. The highest BCUT2D eigenvalue weighted by molar-refractivity contribution is 5.95. The van der Waals surface area contributed by atoms with Crippen LogP contribution in [0.2, 0.25) is 0 Å². The van der Waals surface area contributed by atoms with Gasteiger partial charge in [-0.2, -0.15) is 0 Å². The van der Waals surface area contributed by atoms with E-state index in [-0.39, 0.29) is 18.3 Å². The lowest BCUT2D eigenvalue weighted by atomic mass is 10.1. The molecule has 0 saturated carbocycles. The molecular formula is C11H13NO3. The average Bonchev–Trinajstić information content (AvgIpc) is 2.26. The van der Waals surface area contributed by atoms with Crippen LogP contribution in [0.25, 0.3) is 0 Å². The maximum absolute atomic E-state index is 11.1. The van der Waals surface area contributed by atoms with Crippen LogP contribution in [0.1, 0.15) is 17.3 Å². The number of Topliss-reactive ketones (excluding diaryl/α,β-unsaturated/α-hetero) is 1. The fourth-order valence-corrected chi connectivity index (χ4v) is 1.09. The van der Waals surface area contributed by atoms with Crippen LogP contribution in [-0.2, 0) is 9.53 Å². The predicted molar refractivity (Wildman–Crippen MR) is 57.0 cm³/mol. The lowest BCUT2D eigenvalue weighted by Crippen LogP contribution is -2.15. The lowest BCUT2D eigenvalue weighted by Gasteiger charge is -2.05. The fraction of sp³-hybridized carbons (Fsp3) is 0.273. The summed E-state index contributed by atoms with van der Waals surface area (Å²) in [7, 11) is 1.33. The van der Waals surface area contributed by atoms with Crippen molar-refractivity contribution in [2.24, 2.45) is 0 Å². The van der Waals surface area contributed by atoms with Crippen LogP contribution < -0.4 is 5.32 Å². The van der Waals surface area contributed by atoms with Gasteiger partial charge in [-0.15, -0.1) is 0 Å². The Morgan fingerprint density at radius 3 is 2.73 bits per heavy atom. The third-order valence-corrected chi connectivity index (χ3v) is 1.93. The molecule has 80 valence electrons. The number of nitrogens with one attached hydrogen (secondary N) is 1. The SMILES string of the molecule is COC(=O)CNc1cccc(C(C)=O)c1. The van der Waals surface area contributed by atoms with Gasteiger partial charge in [0, 0.05) is 11.3 Å². The molecule has 1 rings (SSSR count). The van der Waals surface area contributed by atoms with E-state index in [9.17, 15) is 9.59 Å². The van der Waals surface area contributed by atoms with Crippen LogP contribution in [0.3, 0.4) is 0 Å². The quantitative estimate of drug-likeness (QED) is 0.600. The van der Waals surface area contributed by atoms with E-state index in [2.05, 4.69) is 10.1 Å².